The van der Waals surface area contributed by atoms with E-state index in [2.05, 4.69) is 15.4 Å². The number of carbonyl (C=O) groups is 1. The quantitative estimate of drug-likeness (QED) is 0.592. The molecule has 4 rings (SSSR count). The van der Waals surface area contributed by atoms with Gasteiger partial charge in [0.05, 0.1) is 19.2 Å². The van der Waals surface area contributed by atoms with Gasteiger partial charge in [0.1, 0.15) is 12.1 Å². The first kappa shape index (κ1) is 16.8. The lowest BCUT2D eigenvalue weighted by Gasteiger charge is -2.10. The second kappa shape index (κ2) is 7.29. The number of para-hydroxylation sites is 2. The Balaban J connectivity index is 1.46. The lowest BCUT2D eigenvalue weighted by Crippen LogP contribution is -2.14. The standard InChI is InChI=1S/C21H18N4O2/c1-27-19-5-3-2-4-18(19)24-21(26)12-15-6-8-16(9-7-15)17-10-11-25-20(13-17)22-14-23-25/h2-11,13-14H,12H2,1H3,(H,24,26). The van der Waals surface area contributed by atoms with E-state index in [1.807, 2.05) is 66.9 Å². The van der Waals surface area contributed by atoms with Gasteiger partial charge in [0.25, 0.3) is 0 Å². The Morgan fingerprint density at radius 2 is 1.89 bits per heavy atom. The van der Waals surface area contributed by atoms with Gasteiger partial charge in [-0.25, -0.2) is 9.50 Å². The van der Waals surface area contributed by atoms with Crippen molar-refractivity contribution in [1.29, 1.82) is 0 Å². The highest BCUT2D eigenvalue weighted by molar-refractivity contribution is 5.93. The molecule has 0 radical (unpaired) electrons. The molecule has 1 N–H and O–H groups in total. The number of pyridine rings is 1. The Bertz CT molecular complexity index is 1090. The molecule has 0 saturated carbocycles. The summed E-state index contributed by atoms with van der Waals surface area (Å²) in [6.07, 6.45) is 3.70. The molecule has 0 aliphatic carbocycles. The summed E-state index contributed by atoms with van der Waals surface area (Å²) in [5.41, 5.74) is 4.53. The van der Waals surface area contributed by atoms with E-state index >= 15 is 0 Å². The highest BCUT2D eigenvalue weighted by Gasteiger charge is 2.08. The molecular weight excluding hydrogens is 340 g/mol. The van der Waals surface area contributed by atoms with Crippen LogP contribution in [0, 0.1) is 0 Å². The molecule has 0 atom stereocenters. The van der Waals surface area contributed by atoms with Gasteiger partial charge < -0.3 is 10.1 Å². The Morgan fingerprint density at radius 1 is 1.07 bits per heavy atom. The smallest absolute Gasteiger partial charge is 0.228 e. The molecule has 0 saturated heterocycles. The maximum absolute atomic E-state index is 12.3. The van der Waals surface area contributed by atoms with E-state index in [9.17, 15) is 4.79 Å². The summed E-state index contributed by atoms with van der Waals surface area (Å²) in [5.74, 6) is 0.558. The van der Waals surface area contributed by atoms with Gasteiger partial charge in [0.2, 0.25) is 5.91 Å². The summed E-state index contributed by atoms with van der Waals surface area (Å²) >= 11 is 0. The molecule has 4 aromatic rings. The lowest BCUT2D eigenvalue weighted by atomic mass is 10.0. The number of hydrogen-bond donors (Lipinski definition) is 1. The fourth-order valence-electron chi connectivity index (χ4n) is 2.94. The molecule has 2 aromatic carbocycles. The fourth-order valence-corrected chi connectivity index (χ4v) is 2.94. The van der Waals surface area contributed by atoms with Crippen LogP contribution in [0.2, 0.25) is 0 Å². The third-order valence-corrected chi connectivity index (χ3v) is 4.31. The molecule has 0 spiro atoms. The number of nitrogens with one attached hydrogen (secondary N) is 1. The highest BCUT2D eigenvalue weighted by Crippen LogP contribution is 2.24. The second-order valence-electron chi connectivity index (χ2n) is 6.10. The molecular formula is C21H18N4O2. The van der Waals surface area contributed by atoms with Gasteiger partial charge in [-0.15, -0.1) is 0 Å². The largest absolute Gasteiger partial charge is 0.495 e. The molecule has 0 fully saturated rings. The van der Waals surface area contributed by atoms with Gasteiger partial charge >= 0.3 is 0 Å². The third-order valence-electron chi connectivity index (χ3n) is 4.31. The van der Waals surface area contributed by atoms with Crippen LogP contribution in [-0.2, 0) is 11.2 Å². The number of rotatable bonds is 5. The van der Waals surface area contributed by atoms with E-state index in [0.717, 1.165) is 22.3 Å². The highest BCUT2D eigenvalue weighted by atomic mass is 16.5. The van der Waals surface area contributed by atoms with Gasteiger partial charge in [-0.2, -0.15) is 5.10 Å². The van der Waals surface area contributed by atoms with Crippen LogP contribution in [-0.4, -0.2) is 27.6 Å². The monoisotopic (exact) mass is 358 g/mol. The van der Waals surface area contributed by atoms with Crippen LogP contribution in [0.25, 0.3) is 16.8 Å². The molecule has 2 heterocycles. The number of amides is 1. The van der Waals surface area contributed by atoms with E-state index in [-0.39, 0.29) is 5.91 Å². The average molecular weight is 358 g/mol. The Morgan fingerprint density at radius 3 is 2.70 bits per heavy atom. The number of aromatic nitrogens is 3. The topological polar surface area (TPSA) is 68.5 Å². The first-order chi connectivity index (χ1) is 13.2. The van der Waals surface area contributed by atoms with E-state index in [1.54, 1.807) is 11.6 Å². The number of benzene rings is 2. The van der Waals surface area contributed by atoms with Gasteiger partial charge in [0.15, 0.2) is 5.65 Å². The van der Waals surface area contributed by atoms with E-state index in [4.69, 9.17) is 4.74 Å². The van der Waals surface area contributed by atoms with Crippen LogP contribution >= 0.6 is 0 Å². The van der Waals surface area contributed by atoms with E-state index < -0.39 is 0 Å². The Labute approximate surface area is 156 Å². The summed E-state index contributed by atoms with van der Waals surface area (Å²) in [6, 6.07) is 19.3. The van der Waals surface area contributed by atoms with E-state index in [1.165, 1.54) is 6.33 Å². The van der Waals surface area contributed by atoms with Crippen molar-refractivity contribution in [2.75, 3.05) is 12.4 Å². The van der Waals surface area contributed by atoms with Crippen molar-refractivity contribution < 1.29 is 9.53 Å². The number of ether oxygens (including phenoxy) is 1. The van der Waals surface area contributed by atoms with Crippen molar-refractivity contribution in [2.24, 2.45) is 0 Å². The van der Waals surface area contributed by atoms with E-state index in [0.29, 0.717) is 17.9 Å². The zero-order chi connectivity index (χ0) is 18.6. The molecule has 0 unspecified atom stereocenters. The minimum atomic E-state index is -0.0860. The molecule has 1 amide bonds. The zero-order valence-electron chi connectivity index (χ0n) is 14.8. The van der Waals surface area contributed by atoms with Gasteiger partial charge in [0, 0.05) is 6.20 Å². The first-order valence-corrected chi connectivity index (χ1v) is 8.54. The van der Waals surface area contributed by atoms with Crippen molar-refractivity contribution in [3.63, 3.8) is 0 Å². The minimum absolute atomic E-state index is 0.0860. The zero-order valence-corrected chi connectivity index (χ0v) is 14.8. The summed E-state index contributed by atoms with van der Waals surface area (Å²) in [7, 11) is 1.58. The average Bonchev–Trinajstić information content (AvgIpc) is 3.17. The van der Waals surface area contributed by atoms with Crippen molar-refractivity contribution in [2.45, 2.75) is 6.42 Å². The minimum Gasteiger partial charge on any atom is -0.495 e. The molecule has 134 valence electrons. The molecule has 0 aliphatic rings. The van der Waals surface area contributed by atoms with Crippen molar-refractivity contribution >= 4 is 17.2 Å². The fraction of sp³-hybridized carbons (Fsp3) is 0.0952. The van der Waals surface area contributed by atoms with Crippen LogP contribution in [0.15, 0.2) is 73.2 Å². The molecule has 0 bridgehead atoms. The van der Waals surface area contributed by atoms with Crippen LogP contribution in [0.5, 0.6) is 5.75 Å². The number of anilines is 1. The van der Waals surface area contributed by atoms with Crippen molar-refractivity contribution in [3.8, 4) is 16.9 Å². The molecule has 27 heavy (non-hydrogen) atoms. The summed E-state index contributed by atoms with van der Waals surface area (Å²) in [5, 5.41) is 6.99. The summed E-state index contributed by atoms with van der Waals surface area (Å²) in [4.78, 5) is 16.5. The molecule has 2 aromatic heterocycles. The van der Waals surface area contributed by atoms with Crippen LogP contribution < -0.4 is 10.1 Å². The number of hydrogen-bond acceptors (Lipinski definition) is 4. The summed E-state index contributed by atoms with van der Waals surface area (Å²) < 4.78 is 6.98. The van der Waals surface area contributed by atoms with Crippen LogP contribution in [0.3, 0.4) is 0 Å². The second-order valence-corrected chi connectivity index (χ2v) is 6.10. The van der Waals surface area contributed by atoms with Crippen molar-refractivity contribution in [1.82, 2.24) is 14.6 Å². The van der Waals surface area contributed by atoms with Crippen LogP contribution in [0.4, 0.5) is 5.69 Å². The molecule has 0 aliphatic heterocycles. The maximum atomic E-state index is 12.3. The Kier molecular flexibility index (Phi) is 4.53. The van der Waals surface area contributed by atoms with Gasteiger partial charge in [-0.3, -0.25) is 4.79 Å². The Hall–Kier alpha value is -3.67. The van der Waals surface area contributed by atoms with Crippen molar-refractivity contribution in [3.05, 3.63) is 78.8 Å². The number of fused-ring (bicyclic) bond motifs is 1. The maximum Gasteiger partial charge on any atom is 0.228 e. The summed E-state index contributed by atoms with van der Waals surface area (Å²) in [6.45, 7) is 0. The number of nitrogens with zero attached hydrogens (tertiary/aromatic N) is 3. The first-order valence-electron chi connectivity index (χ1n) is 8.54. The lowest BCUT2D eigenvalue weighted by molar-refractivity contribution is -0.115. The SMILES string of the molecule is COc1ccccc1NC(=O)Cc1ccc(-c2ccn3ncnc3c2)cc1. The van der Waals surface area contributed by atoms with Gasteiger partial charge in [-0.05, 0) is 41.0 Å². The van der Waals surface area contributed by atoms with Gasteiger partial charge in [-0.1, -0.05) is 36.4 Å². The molecule has 6 nitrogen and oxygen atoms in total. The normalized spacial score (nSPS) is 10.7. The third kappa shape index (κ3) is 3.64. The predicted molar refractivity (Wildman–Crippen MR) is 104 cm³/mol. The van der Waals surface area contributed by atoms with Crippen LogP contribution in [0.1, 0.15) is 5.56 Å². The number of methoxy groups -OCH3 is 1. The number of carbonyl (C=O) groups excluding carboxylic acids is 1. The predicted octanol–water partition coefficient (Wildman–Crippen LogP) is 3.59. The molecule has 6 heteroatoms.